The van der Waals surface area contributed by atoms with Crippen LogP contribution in [0.3, 0.4) is 0 Å². The molecule has 2 aromatic heterocycles. The van der Waals surface area contributed by atoms with E-state index in [9.17, 15) is 4.79 Å². The number of Topliss-reactive ketones (excluding diaryl/α,β-unsaturated/α-hetero) is 1. The second-order valence-electron chi connectivity index (χ2n) is 4.92. The number of pyridine rings is 1. The molecule has 0 atom stereocenters. The van der Waals surface area contributed by atoms with Crippen LogP contribution in [0.25, 0.3) is 0 Å². The first-order valence-corrected chi connectivity index (χ1v) is 6.37. The highest BCUT2D eigenvalue weighted by Gasteiger charge is 2.19. The second-order valence-corrected chi connectivity index (χ2v) is 4.92. The molecule has 0 saturated heterocycles. The quantitative estimate of drug-likeness (QED) is 0.809. The Morgan fingerprint density at radius 2 is 2.17 bits per heavy atom. The van der Waals surface area contributed by atoms with Crippen molar-refractivity contribution in [1.29, 1.82) is 0 Å². The summed E-state index contributed by atoms with van der Waals surface area (Å²) in [5.74, 6) is 0.284. The van der Waals surface area contributed by atoms with Crippen LogP contribution in [-0.4, -0.2) is 15.3 Å². The van der Waals surface area contributed by atoms with E-state index >= 15 is 0 Å². The van der Waals surface area contributed by atoms with Gasteiger partial charge in [-0.05, 0) is 37.5 Å². The summed E-state index contributed by atoms with van der Waals surface area (Å²) < 4.78 is 2.08. The smallest absolute Gasteiger partial charge is 0.164 e. The molecule has 0 bridgehead atoms. The molecule has 3 nitrogen and oxygen atoms in total. The lowest BCUT2D eigenvalue weighted by molar-refractivity contribution is 0.0973. The minimum atomic E-state index is 0.284. The molecule has 0 amide bonds. The zero-order valence-electron chi connectivity index (χ0n) is 10.5. The van der Waals surface area contributed by atoms with Gasteiger partial charge in [0.15, 0.2) is 5.78 Å². The first kappa shape index (κ1) is 11.2. The van der Waals surface area contributed by atoms with Crippen LogP contribution in [0.15, 0.2) is 30.6 Å². The first-order chi connectivity index (χ1) is 8.72. The number of hydrogen-bond donors (Lipinski definition) is 0. The predicted molar refractivity (Wildman–Crippen MR) is 69.8 cm³/mol. The standard InChI is InChI=1S/C15H16N2O/c1-11-4-2-6-13(16-11)9-17-8-12-5-3-7-15(18)14(12)10-17/h2,4,6,8,10H,3,5,7,9H2,1H3. The molecule has 2 heterocycles. The average molecular weight is 240 g/mol. The Hall–Kier alpha value is -1.90. The topological polar surface area (TPSA) is 34.9 Å². The van der Waals surface area contributed by atoms with Crippen LogP contribution in [0, 0.1) is 6.92 Å². The van der Waals surface area contributed by atoms with E-state index in [1.165, 1.54) is 5.56 Å². The number of aryl methyl sites for hydroxylation is 2. The van der Waals surface area contributed by atoms with E-state index < -0.39 is 0 Å². The number of ketones is 1. The number of fused-ring (bicyclic) bond motifs is 1. The molecule has 92 valence electrons. The van der Waals surface area contributed by atoms with Crippen molar-refractivity contribution >= 4 is 5.78 Å². The number of carbonyl (C=O) groups is 1. The van der Waals surface area contributed by atoms with Gasteiger partial charge in [0.1, 0.15) is 0 Å². The van der Waals surface area contributed by atoms with Gasteiger partial charge in [0.25, 0.3) is 0 Å². The van der Waals surface area contributed by atoms with Gasteiger partial charge in [0, 0.05) is 30.1 Å². The summed E-state index contributed by atoms with van der Waals surface area (Å²) >= 11 is 0. The number of rotatable bonds is 2. The molecule has 18 heavy (non-hydrogen) atoms. The van der Waals surface area contributed by atoms with Crippen LogP contribution in [0.5, 0.6) is 0 Å². The zero-order valence-corrected chi connectivity index (χ0v) is 10.5. The molecule has 3 heteroatoms. The van der Waals surface area contributed by atoms with Gasteiger partial charge in [-0.25, -0.2) is 0 Å². The summed E-state index contributed by atoms with van der Waals surface area (Å²) in [5.41, 5.74) is 4.17. The summed E-state index contributed by atoms with van der Waals surface area (Å²) in [5, 5.41) is 0. The summed E-state index contributed by atoms with van der Waals surface area (Å²) in [7, 11) is 0. The molecule has 0 fully saturated rings. The van der Waals surface area contributed by atoms with Crippen molar-refractivity contribution in [1.82, 2.24) is 9.55 Å². The van der Waals surface area contributed by atoms with Gasteiger partial charge in [-0.3, -0.25) is 9.78 Å². The third-order valence-electron chi connectivity index (χ3n) is 3.40. The first-order valence-electron chi connectivity index (χ1n) is 6.37. The summed E-state index contributed by atoms with van der Waals surface area (Å²) in [6.07, 6.45) is 6.77. The molecule has 2 aromatic rings. The zero-order chi connectivity index (χ0) is 12.5. The maximum atomic E-state index is 11.8. The highest BCUT2D eigenvalue weighted by molar-refractivity contribution is 5.98. The Morgan fingerprint density at radius 3 is 2.94 bits per heavy atom. The number of aromatic nitrogens is 2. The van der Waals surface area contributed by atoms with Gasteiger partial charge in [-0.1, -0.05) is 6.07 Å². The molecule has 0 spiro atoms. The molecular weight excluding hydrogens is 224 g/mol. The maximum Gasteiger partial charge on any atom is 0.164 e. The molecule has 0 N–H and O–H groups in total. The van der Waals surface area contributed by atoms with Gasteiger partial charge in [0.2, 0.25) is 0 Å². The third kappa shape index (κ3) is 2.08. The highest BCUT2D eigenvalue weighted by atomic mass is 16.1. The molecule has 0 aromatic carbocycles. The minimum Gasteiger partial charge on any atom is -0.347 e. The van der Waals surface area contributed by atoms with Gasteiger partial charge in [0.05, 0.1) is 12.2 Å². The Balaban J connectivity index is 1.88. The van der Waals surface area contributed by atoms with Gasteiger partial charge in [-0.2, -0.15) is 0 Å². The molecule has 0 aliphatic heterocycles. The van der Waals surface area contributed by atoms with Crippen LogP contribution in [0.2, 0.25) is 0 Å². The van der Waals surface area contributed by atoms with E-state index in [4.69, 9.17) is 0 Å². The number of hydrogen-bond acceptors (Lipinski definition) is 2. The van der Waals surface area contributed by atoms with E-state index in [2.05, 4.69) is 15.7 Å². The predicted octanol–water partition coefficient (Wildman–Crippen LogP) is 2.76. The minimum absolute atomic E-state index is 0.284. The molecule has 0 saturated carbocycles. The van der Waals surface area contributed by atoms with E-state index in [0.717, 1.165) is 36.3 Å². The Bertz CT molecular complexity index is 598. The summed E-state index contributed by atoms with van der Waals surface area (Å²) in [6, 6.07) is 6.04. The SMILES string of the molecule is Cc1cccc(Cn2cc3c(c2)C(=O)CCC3)n1. The van der Waals surface area contributed by atoms with E-state index in [1.54, 1.807) is 0 Å². The number of carbonyl (C=O) groups excluding carboxylic acids is 1. The van der Waals surface area contributed by atoms with Crippen molar-refractivity contribution in [2.24, 2.45) is 0 Å². The fraction of sp³-hybridized carbons (Fsp3) is 0.333. The van der Waals surface area contributed by atoms with Gasteiger partial charge < -0.3 is 4.57 Å². The lowest BCUT2D eigenvalue weighted by atomic mass is 9.95. The molecule has 3 rings (SSSR count). The van der Waals surface area contributed by atoms with Gasteiger partial charge in [-0.15, -0.1) is 0 Å². The van der Waals surface area contributed by atoms with Crippen molar-refractivity contribution in [3.05, 3.63) is 53.1 Å². The van der Waals surface area contributed by atoms with Crippen LogP contribution in [-0.2, 0) is 13.0 Å². The Labute approximate surface area is 106 Å². The molecule has 0 unspecified atom stereocenters. The third-order valence-corrected chi connectivity index (χ3v) is 3.40. The largest absolute Gasteiger partial charge is 0.347 e. The number of nitrogens with zero attached hydrogens (tertiary/aromatic N) is 2. The van der Waals surface area contributed by atoms with Crippen molar-refractivity contribution in [3.8, 4) is 0 Å². The van der Waals surface area contributed by atoms with Crippen LogP contribution in [0.1, 0.15) is 40.2 Å². The van der Waals surface area contributed by atoms with Crippen LogP contribution < -0.4 is 0 Å². The van der Waals surface area contributed by atoms with E-state index in [-0.39, 0.29) is 5.78 Å². The Kier molecular flexibility index (Phi) is 2.74. The van der Waals surface area contributed by atoms with Crippen molar-refractivity contribution in [3.63, 3.8) is 0 Å². The summed E-state index contributed by atoms with van der Waals surface area (Å²) in [6.45, 7) is 2.73. The lowest BCUT2D eigenvalue weighted by Crippen LogP contribution is -2.07. The lowest BCUT2D eigenvalue weighted by Gasteiger charge is -2.07. The van der Waals surface area contributed by atoms with E-state index in [0.29, 0.717) is 6.42 Å². The molecular formula is C15H16N2O. The van der Waals surface area contributed by atoms with Gasteiger partial charge >= 0.3 is 0 Å². The van der Waals surface area contributed by atoms with Crippen LogP contribution in [0.4, 0.5) is 0 Å². The second kappa shape index (κ2) is 4.41. The maximum absolute atomic E-state index is 11.8. The summed E-state index contributed by atoms with van der Waals surface area (Å²) in [4.78, 5) is 16.3. The van der Waals surface area contributed by atoms with E-state index in [1.807, 2.05) is 31.3 Å². The normalized spacial score (nSPS) is 14.6. The van der Waals surface area contributed by atoms with Crippen LogP contribution >= 0.6 is 0 Å². The highest BCUT2D eigenvalue weighted by Crippen LogP contribution is 2.22. The molecule has 1 aliphatic carbocycles. The fourth-order valence-electron chi connectivity index (χ4n) is 2.55. The average Bonchev–Trinajstić information content (AvgIpc) is 2.73. The van der Waals surface area contributed by atoms with Crippen molar-refractivity contribution in [2.45, 2.75) is 32.7 Å². The van der Waals surface area contributed by atoms with Crippen molar-refractivity contribution < 1.29 is 4.79 Å². The van der Waals surface area contributed by atoms with Crippen molar-refractivity contribution in [2.75, 3.05) is 0 Å². The monoisotopic (exact) mass is 240 g/mol. The molecule has 1 aliphatic rings. The molecule has 0 radical (unpaired) electrons. The fourth-order valence-corrected chi connectivity index (χ4v) is 2.55. The Morgan fingerprint density at radius 1 is 1.28 bits per heavy atom.